The molecule has 2 saturated heterocycles. The van der Waals surface area contributed by atoms with Crippen molar-refractivity contribution in [2.24, 2.45) is 5.92 Å². The Kier molecular flexibility index (Phi) is 7.63. The Morgan fingerprint density at radius 2 is 1.72 bits per heavy atom. The van der Waals surface area contributed by atoms with Gasteiger partial charge in [-0.3, -0.25) is 4.79 Å². The summed E-state index contributed by atoms with van der Waals surface area (Å²) in [7, 11) is 1.68. The van der Waals surface area contributed by atoms with Crippen molar-refractivity contribution in [2.75, 3.05) is 61.9 Å². The van der Waals surface area contributed by atoms with Gasteiger partial charge >= 0.3 is 0 Å². The third kappa shape index (κ3) is 5.78. The lowest BCUT2D eigenvalue weighted by molar-refractivity contribution is -0.129. The maximum absolute atomic E-state index is 12.6. The van der Waals surface area contributed by atoms with Crippen LogP contribution >= 0.6 is 23.4 Å². The molecule has 0 spiro atoms. The highest BCUT2D eigenvalue weighted by molar-refractivity contribution is 7.99. The van der Waals surface area contributed by atoms with Crippen molar-refractivity contribution in [1.82, 2.24) is 14.9 Å². The van der Waals surface area contributed by atoms with Gasteiger partial charge in [-0.1, -0.05) is 30.3 Å². The summed E-state index contributed by atoms with van der Waals surface area (Å²) in [5, 5.41) is 0.971. The first-order valence-electron chi connectivity index (χ1n) is 11.1. The quantitative estimate of drug-likeness (QED) is 0.357. The van der Waals surface area contributed by atoms with E-state index in [4.69, 9.17) is 21.3 Å². The van der Waals surface area contributed by atoms with Gasteiger partial charge in [0, 0.05) is 51.0 Å². The van der Waals surface area contributed by atoms with Crippen LogP contribution < -0.4 is 14.5 Å². The number of likely N-dealkylation sites (tertiary alicyclic amines) is 1. The van der Waals surface area contributed by atoms with Gasteiger partial charge in [0.2, 0.25) is 5.91 Å². The van der Waals surface area contributed by atoms with Gasteiger partial charge in [-0.05, 0) is 43.0 Å². The van der Waals surface area contributed by atoms with E-state index >= 15 is 0 Å². The number of amides is 1. The predicted octanol–water partition coefficient (Wildman–Crippen LogP) is 3.82. The predicted molar refractivity (Wildman–Crippen MR) is 130 cm³/mol. The summed E-state index contributed by atoms with van der Waals surface area (Å²) in [6.07, 6.45) is 2.16. The van der Waals surface area contributed by atoms with Crippen molar-refractivity contribution in [3.8, 4) is 5.75 Å². The number of piperidine rings is 1. The number of nitrogens with zero attached hydrogens (tertiary/aromatic N) is 5. The first-order chi connectivity index (χ1) is 15.5. The zero-order chi connectivity index (χ0) is 22.5. The van der Waals surface area contributed by atoms with Crippen molar-refractivity contribution in [1.29, 1.82) is 0 Å². The van der Waals surface area contributed by atoms with Gasteiger partial charge < -0.3 is 19.4 Å². The summed E-state index contributed by atoms with van der Waals surface area (Å²) >= 11 is 7.66. The number of piperazine rings is 1. The number of ether oxygens (including phenoxy) is 1. The van der Waals surface area contributed by atoms with Crippen LogP contribution in [-0.2, 0) is 4.79 Å². The number of rotatable bonds is 6. The number of halogens is 1. The number of hydrogen-bond acceptors (Lipinski definition) is 7. The van der Waals surface area contributed by atoms with Crippen molar-refractivity contribution < 1.29 is 9.53 Å². The van der Waals surface area contributed by atoms with Crippen LogP contribution in [0.4, 0.5) is 11.5 Å². The Hall–Kier alpha value is -2.19. The summed E-state index contributed by atoms with van der Waals surface area (Å²) in [6, 6.07) is 9.96. The minimum Gasteiger partial charge on any atom is -0.497 e. The molecule has 32 heavy (non-hydrogen) atoms. The van der Waals surface area contributed by atoms with Crippen LogP contribution in [0.5, 0.6) is 5.75 Å². The monoisotopic (exact) mass is 475 g/mol. The molecule has 172 valence electrons. The first kappa shape index (κ1) is 23.0. The van der Waals surface area contributed by atoms with Crippen LogP contribution in [0.2, 0.25) is 5.15 Å². The van der Waals surface area contributed by atoms with Crippen molar-refractivity contribution in [3.63, 3.8) is 0 Å². The molecule has 1 amide bonds. The highest BCUT2D eigenvalue weighted by atomic mass is 35.5. The van der Waals surface area contributed by atoms with Gasteiger partial charge in [-0.25, -0.2) is 9.97 Å². The van der Waals surface area contributed by atoms with Crippen LogP contribution in [0.25, 0.3) is 0 Å². The number of carbonyl (C=O) groups is 1. The van der Waals surface area contributed by atoms with Gasteiger partial charge in [0.05, 0.1) is 12.9 Å². The maximum atomic E-state index is 12.6. The van der Waals surface area contributed by atoms with Gasteiger partial charge in [0.15, 0.2) is 5.16 Å². The molecule has 9 heteroatoms. The lowest BCUT2D eigenvalue weighted by Crippen LogP contribution is -2.46. The summed E-state index contributed by atoms with van der Waals surface area (Å²) in [5.41, 5.74) is 1.19. The van der Waals surface area contributed by atoms with E-state index < -0.39 is 0 Å². The summed E-state index contributed by atoms with van der Waals surface area (Å²) in [4.78, 5) is 28.1. The van der Waals surface area contributed by atoms with Crippen LogP contribution in [0.1, 0.15) is 19.8 Å². The van der Waals surface area contributed by atoms with Crippen molar-refractivity contribution in [3.05, 3.63) is 35.5 Å². The molecule has 2 aliphatic rings. The number of anilines is 2. The second-order valence-electron chi connectivity index (χ2n) is 8.36. The van der Waals surface area contributed by atoms with Crippen LogP contribution in [0, 0.1) is 5.92 Å². The summed E-state index contributed by atoms with van der Waals surface area (Å²) in [5.74, 6) is 2.89. The minimum absolute atomic E-state index is 0.153. The second-order valence-corrected chi connectivity index (χ2v) is 9.69. The van der Waals surface area contributed by atoms with E-state index in [2.05, 4.69) is 33.8 Å². The van der Waals surface area contributed by atoms with Gasteiger partial charge in [0.25, 0.3) is 0 Å². The fraction of sp³-hybridized carbons (Fsp3) is 0.522. The van der Waals surface area contributed by atoms with Gasteiger partial charge in [-0.2, -0.15) is 0 Å². The molecule has 2 fully saturated rings. The van der Waals surface area contributed by atoms with E-state index in [1.165, 1.54) is 17.4 Å². The highest BCUT2D eigenvalue weighted by Gasteiger charge is 2.22. The molecular formula is C23H30ClN5O2S. The molecule has 2 aromatic rings. The molecule has 0 radical (unpaired) electrons. The van der Waals surface area contributed by atoms with Crippen molar-refractivity contribution in [2.45, 2.75) is 24.9 Å². The van der Waals surface area contributed by atoms with E-state index in [-0.39, 0.29) is 5.91 Å². The summed E-state index contributed by atoms with van der Waals surface area (Å²) < 4.78 is 5.25. The molecule has 1 aromatic carbocycles. The van der Waals surface area contributed by atoms with Crippen LogP contribution in [0.3, 0.4) is 0 Å². The van der Waals surface area contributed by atoms with Gasteiger partial charge in [0.1, 0.15) is 16.7 Å². The first-order valence-corrected chi connectivity index (χ1v) is 12.5. The molecule has 0 N–H and O–H groups in total. The summed E-state index contributed by atoms with van der Waals surface area (Å²) in [6.45, 7) is 7.41. The maximum Gasteiger partial charge on any atom is 0.233 e. The molecule has 0 aliphatic carbocycles. The topological polar surface area (TPSA) is 61.8 Å². The normalized spacial score (nSPS) is 17.5. The lowest BCUT2D eigenvalue weighted by atomic mass is 9.99. The lowest BCUT2D eigenvalue weighted by Gasteiger charge is -2.36. The fourth-order valence-electron chi connectivity index (χ4n) is 4.07. The largest absolute Gasteiger partial charge is 0.497 e. The molecular weight excluding hydrogens is 446 g/mol. The zero-order valence-corrected chi connectivity index (χ0v) is 20.2. The van der Waals surface area contributed by atoms with E-state index in [9.17, 15) is 4.79 Å². The standard InChI is InChI=1S/C23H30ClN5O2S/c1-17-7-9-29(10-8-17)22(30)16-32-23-25-20(24)15-21(26-23)28-13-11-27(12-14-28)18-3-5-19(31-2)6-4-18/h3-6,15,17H,7-14,16H2,1-2H3. The third-order valence-corrected chi connectivity index (χ3v) is 7.19. The third-order valence-electron chi connectivity index (χ3n) is 6.16. The van der Waals surface area contributed by atoms with Crippen molar-refractivity contribution >= 4 is 40.8 Å². The molecule has 7 nitrogen and oxygen atoms in total. The second kappa shape index (κ2) is 10.6. The molecule has 0 atom stereocenters. The SMILES string of the molecule is COc1ccc(N2CCN(c3cc(Cl)nc(SCC(=O)N4CCC(C)CC4)n3)CC2)cc1. The Morgan fingerprint density at radius 3 is 2.38 bits per heavy atom. The Morgan fingerprint density at radius 1 is 1.06 bits per heavy atom. The Balaban J connectivity index is 1.33. The molecule has 3 heterocycles. The van der Waals surface area contributed by atoms with E-state index in [1.54, 1.807) is 7.11 Å². The molecule has 4 rings (SSSR count). The van der Waals surface area contributed by atoms with Gasteiger partial charge in [-0.15, -0.1) is 0 Å². The fourth-order valence-corrected chi connectivity index (χ4v) is 5.06. The number of hydrogen-bond donors (Lipinski definition) is 0. The van der Waals surface area contributed by atoms with Crippen LogP contribution in [-0.4, -0.2) is 72.9 Å². The number of methoxy groups -OCH3 is 1. The number of aromatic nitrogens is 2. The Bertz CT molecular complexity index is 913. The van der Waals surface area contributed by atoms with E-state index in [0.29, 0.717) is 22.0 Å². The average Bonchev–Trinajstić information content (AvgIpc) is 2.83. The number of benzene rings is 1. The zero-order valence-electron chi connectivity index (χ0n) is 18.7. The minimum atomic E-state index is 0.153. The van der Waals surface area contributed by atoms with E-state index in [1.807, 2.05) is 23.1 Å². The molecule has 0 unspecified atom stereocenters. The number of thioether (sulfide) groups is 1. The molecule has 0 bridgehead atoms. The average molecular weight is 476 g/mol. The van der Waals surface area contributed by atoms with Crippen LogP contribution in [0.15, 0.2) is 35.5 Å². The molecule has 2 aliphatic heterocycles. The number of carbonyl (C=O) groups excluding carboxylic acids is 1. The Labute approximate surface area is 199 Å². The molecule has 1 aromatic heterocycles. The molecule has 0 saturated carbocycles. The highest BCUT2D eigenvalue weighted by Crippen LogP contribution is 2.26. The van der Waals surface area contributed by atoms with E-state index in [0.717, 1.165) is 63.7 Å². The smallest absolute Gasteiger partial charge is 0.233 e.